The van der Waals surface area contributed by atoms with Crippen molar-refractivity contribution in [1.29, 1.82) is 0 Å². The molecule has 3 aromatic rings. The number of hydrogen-bond donors (Lipinski definition) is 0. The highest BCUT2D eigenvalue weighted by Gasteiger charge is 2.45. The predicted octanol–water partition coefficient (Wildman–Crippen LogP) is 7.15. The highest BCUT2D eigenvalue weighted by molar-refractivity contribution is 8.03. The van der Waals surface area contributed by atoms with Crippen LogP contribution in [0.5, 0.6) is 5.75 Å². The molecule has 1 fully saturated rings. The summed E-state index contributed by atoms with van der Waals surface area (Å²) in [5.41, 5.74) is 4.14. The van der Waals surface area contributed by atoms with Crippen molar-refractivity contribution < 1.29 is 9.31 Å². The van der Waals surface area contributed by atoms with Gasteiger partial charge in [0, 0.05) is 36.4 Å². The topological polar surface area (TPSA) is 15.5 Å². The summed E-state index contributed by atoms with van der Waals surface area (Å²) in [6.07, 6.45) is 8.00. The number of rotatable bonds is 8. The minimum atomic E-state index is -0.0492. The van der Waals surface area contributed by atoms with E-state index in [4.69, 9.17) is 4.74 Å². The molecule has 180 valence electrons. The van der Waals surface area contributed by atoms with Gasteiger partial charge in [0.25, 0.3) is 0 Å². The molecule has 0 N–H and O–H groups in total. The highest BCUT2D eigenvalue weighted by Crippen LogP contribution is 2.44. The lowest BCUT2D eigenvalue weighted by Gasteiger charge is -2.19. The average molecular weight is 484 g/mol. The summed E-state index contributed by atoms with van der Waals surface area (Å²) in [7, 11) is 0. The SMILES string of the molecule is CCC[N+]1=C(/C=C/C=C2\SCCN2CCOc2ccccc2)C(C)(C)c2c1ccc1ccccc21. The van der Waals surface area contributed by atoms with Crippen LogP contribution in [0.4, 0.5) is 5.69 Å². The smallest absolute Gasteiger partial charge is 0.210 e. The minimum absolute atomic E-state index is 0.0492. The number of hydrogen-bond acceptors (Lipinski definition) is 3. The molecule has 3 nitrogen and oxygen atoms in total. The number of nitrogens with zero attached hydrogens (tertiary/aromatic N) is 2. The molecule has 0 aromatic heterocycles. The normalized spacial score (nSPS) is 18.3. The third-order valence-corrected chi connectivity index (χ3v) is 8.07. The molecule has 0 aliphatic carbocycles. The van der Waals surface area contributed by atoms with Gasteiger partial charge in [0.05, 0.1) is 17.0 Å². The standard InChI is InChI=1S/C31H35N2OS/c1-4-19-33-27-18-17-24-11-8-9-14-26(24)30(27)31(2,3)28(33)15-10-16-29-32(21-23-35-29)20-22-34-25-12-6-5-7-13-25/h5-18H,4,19-23H2,1-3H3/q+1. The number of thioether (sulfide) groups is 1. The quantitative estimate of drug-likeness (QED) is 0.316. The van der Waals surface area contributed by atoms with E-state index in [1.54, 1.807) is 0 Å². The van der Waals surface area contributed by atoms with Gasteiger partial charge in [-0.2, -0.15) is 4.58 Å². The van der Waals surface area contributed by atoms with Crippen LogP contribution >= 0.6 is 11.8 Å². The number of fused-ring (bicyclic) bond motifs is 3. The molecule has 0 saturated carbocycles. The first kappa shape index (κ1) is 23.7. The number of benzene rings is 3. The van der Waals surface area contributed by atoms with E-state index >= 15 is 0 Å². The van der Waals surface area contributed by atoms with Gasteiger partial charge in [0.2, 0.25) is 5.69 Å². The van der Waals surface area contributed by atoms with Gasteiger partial charge >= 0.3 is 0 Å². The van der Waals surface area contributed by atoms with E-state index in [1.807, 2.05) is 42.1 Å². The largest absolute Gasteiger partial charge is 0.492 e. The molecule has 3 aromatic carbocycles. The van der Waals surface area contributed by atoms with E-state index in [9.17, 15) is 0 Å². The molecule has 2 aliphatic heterocycles. The summed E-state index contributed by atoms with van der Waals surface area (Å²) in [6.45, 7) is 10.7. The van der Waals surface area contributed by atoms with E-state index in [0.717, 1.165) is 37.6 Å². The summed E-state index contributed by atoms with van der Waals surface area (Å²) in [4.78, 5) is 2.44. The van der Waals surface area contributed by atoms with Crippen LogP contribution in [-0.4, -0.2) is 47.2 Å². The molecule has 0 unspecified atom stereocenters. The Morgan fingerprint density at radius 3 is 2.66 bits per heavy atom. The van der Waals surface area contributed by atoms with Crippen molar-refractivity contribution in [1.82, 2.24) is 4.90 Å². The Hall–Kier alpha value is -2.98. The van der Waals surface area contributed by atoms with Crippen LogP contribution in [0.2, 0.25) is 0 Å². The Kier molecular flexibility index (Phi) is 7.01. The first-order valence-electron chi connectivity index (χ1n) is 12.7. The second-order valence-electron chi connectivity index (χ2n) is 9.70. The third kappa shape index (κ3) is 4.77. The second kappa shape index (κ2) is 10.3. The van der Waals surface area contributed by atoms with Crippen molar-refractivity contribution in [3.8, 4) is 5.75 Å². The maximum atomic E-state index is 5.93. The molecule has 0 amide bonds. The second-order valence-corrected chi connectivity index (χ2v) is 10.8. The first-order chi connectivity index (χ1) is 17.1. The van der Waals surface area contributed by atoms with Gasteiger partial charge < -0.3 is 9.64 Å². The van der Waals surface area contributed by atoms with Gasteiger partial charge in [-0.05, 0) is 48.9 Å². The molecule has 2 heterocycles. The van der Waals surface area contributed by atoms with Gasteiger partial charge in [0.15, 0.2) is 5.71 Å². The fourth-order valence-corrected chi connectivity index (χ4v) is 6.41. The number of para-hydroxylation sites is 1. The molecular formula is C31H35N2OS+. The van der Waals surface area contributed by atoms with Crippen LogP contribution in [0.15, 0.2) is 90.0 Å². The van der Waals surface area contributed by atoms with Gasteiger partial charge in [0.1, 0.15) is 18.9 Å². The van der Waals surface area contributed by atoms with Crippen LogP contribution in [0.25, 0.3) is 10.8 Å². The van der Waals surface area contributed by atoms with Crippen molar-refractivity contribution in [2.45, 2.75) is 32.6 Å². The average Bonchev–Trinajstić information content (AvgIpc) is 3.40. The molecule has 2 aliphatic rings. The lowest BCUT2D eigenvalue weighted by Crippen LogP contribution is -2.28. The van der Waals surface area contributed by atoms with E-state index in [2.05, 4.69) is 84.9 Å². The fraction of sp³-hybridized carbons (Fsp3) is 0.323. The molecule has 5 rings (SSSR count). The summed E-state index contributed by atoms with van der Waals surface area (Å²) < 4.78 is 8.47. The van der Waals surface area contributed by atoms with Crippen molar-refractivity contribution in [2.75, 3.05) is 32.0 Å². The maximum absolute atomic E-state index is 5.93. The van der Waals surface area contributed by atoms with Crippen molar-refractivity contribution in [3.05, 3.63) is 95.6 Å². The predicted molar refractivity (Wildman–Crippen MR) is 150 cm³/mol. The Morgan fingerprint density at radius 2 is 1.83 bits per heavy atom. The Morgan fingerprint density at radius 1 is 1.03 bits per heavy atom. The monoisotopic (exact) mass is 483 g/mol. The zero-order valence-corrected chi connectivity index (χ0v) is 21.9. The van der Waals surface area contributed by atoms with Gasteiger partial charge in [-0.3, -0.25) is 0 Å². The van der Waals surface area contributed by atoms with Crippen LogP contribution < -0.4 is 4.74 Å². The Labute approximate surface area is 213 Å². The fourth-order valence-electron chi connectivity index (χ4n) is 5.35. The Balaban J connectivity index is 1.36. The number of ether oxygens (including phenoxy) is 1. The molecular weight excluding hydrogens is 448 g/mol. The van der Waals surface area contributed by atoms with Crippen molar-refractivity contribution in [3.63, 3.8) is 0 Å². The van der Waals surface area contributed by atoms with Crippen LogP contribution in [0.1, 0.15) is 32.8 Å². The highest BCUT2D eigenvalue weighted by atomic mass is 32.2. The molecule has 0 spiro atoms. The minimum Gasteiger partial charge on any atom is -0.492 e. The van der Waals surface area contributed by atoms with E-state index in [0.29, 0.717) is 6.61 Å². The first-order valence-corrected chi connectivity index (χ1v) is 13.7. The van der Waals surface area contributed by atoms with Crippen LogP contribution in [0.3, 0.4) is 0 Å². The van der Waals surface area contributed by atoms with Crippen molar-refractivity contribution >= 4 is 33.9 Å². The molecule has 35 heavy (non-hydrogen) atoms. The summed E-state index contributed by atoms with van der Waals surface area (Å²) >= 11 is 1.94. The van der Waals surface area contributed by atoms with E-state index in [1.165, 1.54) is 32.8 Å². The molecule has 0 bridgehead atoms. The molecule has 0 atom stereocenters. The van der Waals surface area contributed by atoms with Crippen molar-refractivity contribution in [2.24, 2.45) is 0 Å². The third-order valence-electron chi connectivity index (χ3n) is 6.99. The lowest BCUT2D eigenvalue weighted by molar-refractivity contribution is -0.437. The summed E-state index contributed by atoms with van der Waals surface area (Å²) in [5.74, 6) is 2.07. The molecule has 4 heteroatoms. The van der Waals surface area contributed by atoms with Crippen LogP contribution in [-0.2, 0) is 5.41 Å². The lowest BCUT2D eigenvalue weighted by atomic mass is 9.79. The number of allylic oxidation sites excluding steroid dienone is 3. The van der Waals surface area contributed by atoms with E-state index in [-0.39, 0.29) is 5.41 Å². The zero-order valence-electron chi connectivity index (χ0n) is 21.0. The molecule has 1 saturated heterocycles. The van der Waals surface area contributed by atoms with E-state index < -0.39 is 0 Å². The summed E-state index contributed by atoms with van der Waals surface area (Å²) in [6, 6.07) is 23.5. The van der Waals surface area contributed by atoms with Gasteiger partial charge in [-0.15, -0.1) is 11.8 Å². The molecule has 0 radical (unpaired) electrons. The Bertz CT molecular complexity index is 1290. The maximum Gasteiger partial charge on any atom is 0.210 e. The summed E-state index contributed by atoms with van der Waals surface area (Å²) in [5, 5.41) is 4.02. The zero-order chi connectivity index (χ0) is 24.3. The van der Waals surface area contributed by atoms with Gasteiger partial charge in [-0.25, -0.2) is 0 Å². The van der Waals surface area contributed by atoms with Gasteiger partial charge in [-0.1, -0.05) is 55.5 Å². The van der Waals surface area contributed by atoms with Crippen LogP contribution in [0, 0.1) is 0 Å².